The van der Waals surface area contributed by atoms with Crippen molar-refractivity contribution in [3.8, 4) is 11.5 Å². The molecule has 10 heteroatoms. The summed E-state index contributed by atoms with van der Waals surface area (Å²) in [4.78, 5) is 16.8. The first kappa shape index (κ1) is 27.1. The van der Waals surface area contributed by atoms with E-state index in [-0.39, 0.29) is 43.1 Å². The lowest BCUT2D eigenvalue weighted by Gasteiger charge is -2.37. The van der Waals surface area contributed by atoms with Gasteiger partial charge in [-0.2, -0.15) is 4.31 Å². The smallest absolute Gasteiger partial charge is 0.243 e. The van der Waals surface area contributed by atoms with Crippen LogP contribution in [0.1, 0.15) is 22.0 Å². The van der Waals surface area contributed by atoms with E-state index in [1.165, 1.54) is 16.3 Å². The number of carbonyl (C=O) groups excluding carboxylic acids is 1. The fourth-order valence-corrected chi connectivity index (χ4v) is 6.62. The van der Waals surface area contributed by atoms with Crippen LogP contribution >= 0.6 is 11.3 Å². The molecule has 1 aromatic heterocycles. The van der Waals surface area contributed by atoms with E-state index in [1.807, 2.05) is 36.6 Å². The third kappa shape index (κ3) is 6.32. The predicted molar refractivity (Wildman–Crippen MR) is 143 cm³/mol. The molecule has 0 fully saturated rings. The molecule has 1 aliphatic heterocycles. The highest BCUT2D eigenvalue weighted by molar-refractivity contribution is 7.89. The molecular weight excluding hydrogens is 512 g/mol. The van der Waals surface area contributed by atoms with Gasteiger partial charge >= 0.3 is 0 Å². The van der Waals surface area contributed by atoms with Crippen LogP contribution in [0.4, 0.5) is 0 Å². The summed E-state index contributed by atoms with van der Waals surface area (Å²) in [5.41, 5.74) is 1.99. The summed E-state index contributed by atoms with van der Waals surface area (Å²) >= 11 is 1.66. The van der Waals surface area contributed by atoms with Crippen LogP contribution in [0.25, 0.3) is 0 Å². The van der Waals surface area contributed by atoms with Crippen molar-refractivity contribution in [2.45, 2.75) is 24.3 Å². The highest BCUT2D eigenvalue weighted by atomic mass is 32.2. The topological polar surface area (TPSA) is 85.4 Å². The van der Waals surface area contributed by atoms with Crippen LogP contribution in [0.5, 0.6) is 11.5 Å². The number of nitrogens with zero attached hydrogens (tertiary/aromatic N) is 2. The summed E-state index contributed by atoms with van der Waals surface area (Å²) in [5.74, 6) is 1.04. The summed E-state index contributed by atoms with van der Waals surface area (Å²) in [6.07, 6.45) is 0.719. The average Bonchev–Trinajstić information content (AvgIpc) is 3.39. The monoisotopic (exact) mass is 544 g/mol. The van der Waals surface area contributed by atoms with Gasteiger partial charge in [0.1, 0.15) is 18.1 Å². The van der Waals surface area contributed by atoms with Gasteiger partial charge in [-0.1, -0.05) is 23.8 Å². The number of methoxy groups -OCH3 is 2. The first-order valence-corrected chi connectivity index (χ1v) is 14.3. The molecule has 4 rings (SSSR count). The number of fused-ring (bicyclic) bond motifs is 1. The number of amides is 1. The minimum absolute atomic E-state index is 0.0704. The largest absolute Gasteiger partial charge is 0.497 e. The molecule has 1 unspecified atom stereocenters. The molecular formula is C27H32N2O6S2. The van der Waals surface area contributed by atoms with Gasteiger partial charge in [-0.3, -0.25) is 4.79 Å². The fourth-order valence-electron chi connectivity index (χ4n) is 4.32. The summed E-state index contributed by atoms with van der Waals surface area (Å²) < 4.78 is 44.6. The average molecular weight is 545 g/mol. The number of hydrogen-bond acceptors (Lipinski definition) is 7. The highest BCUT2D eigenvalue weighted by Crippen LogP contribution is 2.34. The quantitative estimate of drug-likeness (QED) is 0.364. The molecule has 2 aromatic carbocycles. The van der Waals surface area contributed by atoms with Crippen molar-refractivity contribution >= 4 is 27.3 Å². The number of benzene rings is 2. The van der Waals surface area contributed by atoms with E-state index in [9.17, 15) is 13.2 Å². The molecule has 0 N–H and O–H groups in total. The molecule has 198 valence electrons. The molecule has 0 saturated carbocycles. The molecule has 0 aliphatic carbocycles. The van der Waals surface area contributed by atoms with Crippen LogP contribution in [0.2, 0.25) is 0 Å². The number of thiophene rings is 1. The minimum atomic E-state index is -3.89. The zero-order valence-corrected chi connectivity index (χ0v) is 22.9. The molecule has 1 aliphatic rings. The lowest BCUT2D eigenvalue weighted by Crippen LogP contribution is -2.48. The Balaban J connectivity index is 1.56. The number of sulfonamides is 1. The van der Waals surface area contributed by atoms with Gasteiger partial charge in [0.25, 0.3) is 0 Å². The van der Waals surface area contributed by atoms with Crippen molar-refractivity contribution in [3.63, 3.8) is 0 Å². The lowest BCUT2D eigenvalue weighted by molar-refractivity contribution is -0.135. The Hall–Kier alpha value is -2.92. The Morgan fingerprint density at radius 1 is 1.11 bits per heavy atom. The number of ether oxygens (including phenoxy) is 3. The van der Waals surface area contributed by atoms with Gasteiger partial charge in [-0.15, -0.1) is 11.3 Å². The molecule has 3 aromatic rings. The van der Waals surface area contributed by atoms with Crippen LogP contribution in [0.15, 0.2) is 64.9 Å². The summed E-state index contributed by atoms with van der Waals surface area (Å²) in [7, 11) is -0.789. The molecule has 37 heavy (non-hydrogen) atoms. The lowest BCUT2D eigenvalue weighted by atomic mass is 10.0. The van der Waals surface area contributed by atoms with Crippen molar-refractivity contribution in [1.29, 1.82) is 0 Å². The Kier molecular flexibility index (Phi) is 8.86. The van der Waals surface area contributed by atoms with E-state index in [0.717, 1.165) is 17.5 Å². The number of carbonyl (C=O) groups is 1. The normalized spacial score (nSPS) is 15.5. The van der Waals surface area contributed by atoms with Crippen molar-refractivity contribution in [3.05, 3.63) is 76.0 Å². The molecule has 1 atom stereocenters. The van der Waals surface area contributed by atoms with E-state index in [4.69, 9.17) is 14.2 Å². The predicted octanol–water partition coefficient (Wildman–Crippen LogP) is 3.91. The van der Waals surface area contributed by atoms with E-state index in [2.05, 4.69) is 0 Å². The molecule has 0 saturated heterocycles. The second-order valence-corrected chi connectivity index (χ2v) is 11.7. The molecule has 0 radical (unpaired) electrons. The standard InChI is InChI=1S/C27H32N2O6S2/c1-20-7-9-23(10-8-20)37(31,32)28(14-15-33-2)18-27(30)29-13-11-26-24(12-16-36-26)25(29)19-35-22-6-4-5-21(17-22)34-3/h4-10,12,16-17,25H,11,13-15,18-19H2,1-3H3. The van der Waals surface area contributed by atoms with Gasteiger partial charge in [0.15, 0.2) is 0 Å². The Morgan fingerprint density at radius 3 is 2.59 bits per heavy atom. The third-order valence-corrected chi connectivity index (χ3v) is 9.24. The molecule has 0 bridgehead atoms. The van der Waals surface area contributed by atoms with Crippen molar-refractivity contribution in [1.82, 2.24) is 9.21 Å². The van der Waals surface area contributed by atoms with Crippen molar-refractivity contribution in [2.75, 3.05) is 47.1 Å². The highest BCUT2D eigenvalue weighted by Gasteiger charge is 2.35. The molecule has 8 nitrogen and oxygen atoms in total. The van der Waals surface area contributed by atoms with Gasteiger partial charge in [-0.25, -0.2) is 8.42 Å². The Morgan fingerprint density at radius 2 is 1.86 bits per heavy atom. The van der Waals surface area contributed by atoms with Gasteiger partial charge in [0, 0.05) is 31.1 Å². The number of aryl methyl sites for hydroxylation is 1. The third-order valence-electron chi connectivity index (χ3n) is 6.38. The zero-order chi connectivity index (χ0) is 26.4. The van der Waals surface area contributed by atoms with Gasteiger partial charge in [0.2, 0.25) is 15.9 Å². The summed E-state index contributed by atoms with van der Waals surface area (Å²) in [6.45, 7) is 2.59. The van der Waals surface area contributed by atoms with Crippen LogP contribution in [-0.2, 0) is 26.0 Å². The van der Waals surface area contributed by atoms with E-state index in [0.29, 0.717) is 18.0 Å². The SMILES string of the molecule is COCCN(CC(=O)N1CCc2sccc2C1COc1cccc(OC)c1)S(=O)(=O)c1ccc(C)cc1. The van der Waals surface area contributed by atoms with E-state index < -0.39 is 10.0 Å². The maximum Gasteiger partial charge on any atom is 0.243 e. The maximum absolute atomic E-state index is 13.7. The Labute approximate surface area is 222 Å². The second-order valence-electron chi connectivity index (χ2n) is 8.79. The second kappa shape index (κ2) is 12.1. The first-order chi connectivity index (χ1) is 17.8. The molecule has 2 heterocycles. The van der Waals surface area contributed by atoms with Crippen LogP contribution in [0, 0.1) is 6.92 Å². The first-order valence-electron chi connectivity index (χ1n) is 12.0. The van der Waals surface area contributed by atoms with Gasteiger partial charge < -0.3 is 19.1 Å². The van der Waals surface area contributed by atoms with Gasteiger partial charge in [0.05, 0.1) is 31.2 Å². The molecule has 0 spiro atoms. The number of rotatable bonds is 11. The van der Waals surface area contributed by atoms with Gasteiger partial charge in [-0.05, 0) is 54.6 Å². The van der Waals surface area contributed by atoms with Crippen molar-refractivity contribution < 1.29 is 27.4 Å². The zero-order valence-electron chi connectivity index (χ0n) is 21.3. The Bertz CT molecular complexity index is 1310. The number of hydrogen-bond donors (Lipinski definition) is 0. The summed E-state index contributed by atoms with van der Waals surface area (Å²) in [6, 6.07) is 15.6. The van der Waals surface area contributed by atoms with Crippen LogP contribution in [0.3, 0.4) is 0 Å². The van der Waals surface area contributed by atoms with E-state index in [1.54, 1.807) is 53.7 Å². The maximum atomic E-state index is 13.7. The fraction of sp³-hybridized carbons (Fsp3) is 0.370. The summed E-state index contributed by atoms with van der Waals surface area (Å²) in [5, 5.41) is 2.02. The van der Waals surface area contributed by atoms with E-state index >= 15 is 0 Å². The van der Waals surface area contributed by atoms with Crippen LogP contribution in [-0.4, -0.2) is 70.6 Å². The molecule has 1 amide bonds. The van der Waals surface area contributed by atoms with Crippen LogP contribution < -0.4 is 9.47 Å². The minimum Gasteiger partial charge on any atom is -0.497 e. The van der Waals surface area contributed by atoms with Crippen molar-refractivity contribution in [2.24, 2.45) is 0 Å².